The van der Waals surface area contributed by atoms with Crippen molar-refractivity contribution in [1.82, 2.24) is 0 Å². The molecule has 1 saturated heterocycles. The van der Waals surface area contributed by atoms with E-state index in [1.807, 2.05) is 0 Å². The fourth-order valence-electron chi connectivity index (χ4n) is 5.61. The van der Waals surface area contributed by atoms with Gasteiger partial charge in [-0.2, -0.15) is 0 Å². The summed E-state index contributed by atoms with van der Waals surface area (Å²) >= 11 is 0. The summed E-state index contributed by atoms with van der Waals surface area (Å²) in [4.78, 5) is 0. The Hall–Kier alpha value is -0.500. The Morgan fingerprint density at radius 3 is 2.52 bits per heavy atom. The molecule has 0 aromatic heterocycles. The summed E-state index contributed by atoms with van der Waals surface area (Å²) in [5.41, 5.74) is 0.816. The molecule has 0 amide bonds. The molecule has 1 spiro atoms. The van der Waals surface area contributed by atoms with Crippen LogP contribution in [0.3, 0.4) is 0 Å². The van der Waals surface area contributed by atoms with E-state index in [-0.39, 0.29) is 0 Å². The summed E-state index contributed by atoms with van der Waals surface area (Å²) in [6, 6.07) is 0. The molecule has 2 saturated carbocycles. The van der Waals surface area contributed by atoms with Gasteiger partial charge < -0.3 is 9.47 Å². The summed E-state index contributed by atoms with van der Waals surface area (Å²) < 4.78 is 12.4. The van der Waals surface area contributed by atoms with Crippen LogP contribution in [0.15, 0.2) is 11.8 Å². The Labute approximate surface area is 130 Å². The first-order valence-corrected chi connectivity index (χ1v) is 8.69. The Morgan fingerprint density at radius 1 is 1.14 bits per heavy atom. The second kappa shape index (κ2) is 4.75. The number of hydrogen-bond donors (Lipinski definition) is 0. The maximum absolute atomic E-state index is 6.22. The summed E-state index contributed by atoms with van der Waals surface area (Å²) in [5, 5.41) is 0. The van der Waals surface area contributed by atoms with Crippen molar-refractivity contribution in [1.29, 1.82) is 0 Å². The predicted octanol–water partition coefficient (Wildman–Crippen LogP) is 5.14. The van der Waals surface area contributed by atoms with Gasteiger partial charge in [-0.05, 0) is 60.8 Å². The quantitative estimate of drug-likeness (QED) is 0.615. The molecule has 2 heteroatoms. The van der Waals surface area contributed by atoms with Crippen LogP contribution < -0.4 is 0 Å². The van der Waals surface area contributed by atoms with Crippen LogP contribution in [0, 0.1) is 28.6 Å². The summed E-state index contributed by atoms with van der Waals surface area (Å²) in [5.74, 6) is 2.90. The topological polar surface area (TPSA) is 18.5 Å². The fraction of sp³-hybridized carbons (Fsp3) is 0.895. The molecule has 21 heavy (non-hydrogen) atoms. The third-order valence-electron chi connectivity index (χ3n) is 6.97. The van der Waals surface area contributed by atoms with E-state index >= 15 is 0 Å². The van der Waals surface area contributed by atoms with Gasteiger partial charge in [0.15, 0.2) is 0 Å². The van der Waals surface area contributed by atoms with Gasteiger partial charge in [0.05, 0.1) is 12.4 Å². The Bertz CT molecular complexity index is 448. The van der Waals surface area contributed by atoms with Gasteiger partial charge in [-0.15, -0.1) is 0 Å². The third-order valence-corrected chi connectivity index (χ3v) is 6.97. The van der Waals surface area contributed by atoms with Crippen molar-refractivity contribution in [3.05, 3.63) is 11.8 Å². The molecule has 1 heterocycles. The third kappa shape index (κ3) is 2.25. The Balaban J connectivity index is 2.03. The molecule has 3 fully saturated rings. The van der Waals surface area contributed by atoms with Gasteiger partial charge in [-0.1, -0.05) is 20.8 Å². The van der Waals surface area contributed by atoms with Gasteiger partial charge in [0.25, 0.3) is 0 Å². The molecule has 120 valence electrons. The number of allylic oxidation sites excluding steroid dienone is 2. The number of fused-ring (bicyclic) bond motifs is 1. The smallest absolute Gasteiger partial charge is 0.204 e. The molecule has 2 bridgehead atoms. The molecule has 2 nitrogen and oxygen atoms in total. The van der Waals surface area contributed by atoms with Crippen molar-refractivity contribution >= 4 is 0 Å². The first-order chi connectivity index (χ1) is 9.71. The molecular formula is C19H32O2. The fourth-order valence-corrected chi connectivity index (χ4v) is 5.61. The maximum atomic E-state index is 6.22. The van der Waals surface area contributed by atoms with Crippen LogP contribution in [-0.4, -0.2) is 12.4 Å². The van der Waals surface area contributed by atoms with Gasteiger partial charge in [-0.3, -0.25) is 0 Å². The molecule has 1 aliphatic heterocycles. The average Bonchev–Trinajstić information content (AvgIpc) is 2.82. The lowest BCUT2D eigenvalue weighted by molar-refractivity contribution is -0.203. The largest absolute Gasteiger partial charge is 0.468 e. The SMILES string of the molecule is C/C=C1/C[C@@]23C[C@H](COC(C)(C)O1)C(C)(C)[C@@H]2CC[C@H]3C. The van der Waals surface area contributed by atoms with E-state index in [0.29, 0.717) is 16.7 Å². The van der Waals surface area contributed by atoms with Crippen molar-refractivity contribution < 1.29 is 9.47 Å². The zero-order valence-electron chi connectivity index (χ0n) is 14.7. The molecule has 4 atom stereocenters. The molecule has 0 radical (unpaired) electrons. The molecule has 2 aliphatic carbocycles. The van der Waals surface area contributed by atoms with Crippen molar-refractivity contribution in [3.8, 4) is 0 Å². The molecule has 0 unspecified atom stereocenters. The van der Waals surface area contributed by atoms with Gasteiger partial charge in [0, 0.05) is 20.3 Å². The number of ether oxygens (including phenoxy) is 2. The minimum atomic E-state index is -0.504. The number of rotatable bonds is 0. The van der Waals surface area contributed by atoms with Gasteiger partial charge >= 0.3 is 0 Å². The standard InChI is InChI=1S/C19H32O2/c1-7-15-11-19-10-14(12-20-18(5,6)21-15)17(3,4)16(19)9-8-13(19)2/h7,13-14,16H,8-12H2,1-6H3/b15-7-/t13-,14-,16+,19-/m1/s1. The lowest BCUT2D eigenvalue weighted by atomic mass is 9.67. The highest BCUT2D eigenvalue weighted by Crippen LogP contribution is 2.69. The minimum Gasteiger partial charge on any atom is -0.468 e. The van der Waals surface area contributed by atoms with E-state index < -0.39 is 5.79 Å². The summed E-state index contributed by atoms with van der Waals surface area (Å²) in [6.45, 7) is 14.5. The van der Waals surface area contributed by atoms with E-state index in [4.69, 9.17) is 9.47 Å². The lowest BCUT2D eigenvalue weighted by Gasteiger charge is -2.41. The van der Waals surface area contributed by atoms with Crippen LogP contribution in [0.1, 0.15) is 67.2 Å². The van der Waals surface area contributed by atoms with E-state index in [2.05, 4.69) is 47.6 Å². The molecule has 0 N–H and O–H groups in total. The van der Waals surface area contributed by atoms with Crippen LogP contribution >= 0.6 is 0 Å². The van der Waals surface area contributed by atoms with Crippen LogP contribution in [-0.2, 0) is 9.47 Å². The van der Waals surface area contributed by atoms with Crippen molar-refractivity contribution in [2.75, 3.05) is 6.61 Å². The van der Waals surface area contributed by atoms with Crippen molar-refractivity contribution in [3.63, 3.8) is 0 Å². The van der Waals surface area contributed by atoms with Crippen LogP contribution in [0.25, 0.3) is 0 Å². The molecule has 0 aromatic carbocycles. The zero-order valence-corrected chi connectivity index (χ0v) is 14.7. The highest BCUT2D eigenvalue weighted by molar-refractivity contribution is 5.15. The van der Waals surface area contributed by atoms with E-state index in [0.717, 1.165) is 30.6 Å². The second-order valence-electron chi connectivity index (χ2n) is 8.73. The van der Waals surface area contributed by atoms with E-state index in [1.165, 1.54) is 19.3 Å². The normalized spacial score (nSPS) is 46.4. The first-order valence-electron chi connectivity index (χ1n) is 8.69. The Kier molecular flexibility index (Phi) is 3.48. The van der Waals surface area contributed by atoms with Gasteiger partial charge in [-0.25, -0.2) is 0 Å². The summed E-state index contributed by atoms with van der Waals surface area (Å²) in [6.07, 6.45) is 7.32. The highest BCUT2D eigenvalue weighted by atomic mass is 16.7. The first kappa shape index (κ1) is 15.4. The van der Waals surface area contributed by atoms with Gasteiger partial charge in [0.1, 0.15) is 0 Å². The molecule has 3 rings (SSSR count). The van der Waals surface area contributed by atoms with Crippen molar-refractivity contribution in [2.24, 2.45) is 28.6 Å². The molecule has 0 aromatic rings. The van der Waals surface area contributed by atoms with Crippen LogP contribution in [0.5, 0.6) is 0 Å². The van der Waals surface area contributed by atoms with Crippen LogP contribution in [0.2, 0.25) is 0 Å². The van der Waals surface area contributed by atoms with Crippen molar-refractivity contribution in [2.45, 2.75) is 73.0 Å². The minimum absolute atomic E-state index is 0.386. The molecular weight excluding hydrogens is 260 g/mol. The lowest BCUT2D eigenvalue weighted by Crippen LogP contribution is -2.37. The average molecular weight is 292 g/mol. The molecule has 3 aliphatic rings. The predicted molar refractivity (Wildman–Crippen MR) is 85.7 cm³/mol. The van der Waals surface area contributed by atoms with E-state index in [9.17, 15) is 0 Å². The summed E-state index contributed by atoms with van der Waals surface area (Å²) in [7, 11) is 0. The highest BCUT2D eigenvalue weighted by Gasteiger charge is 2.62. The van der Waals surface area contributed by atoms with E-state index in [1.54, 1.807) is 0 Å². The zero-order chi connectivity index (χ0) is 15.5. The van der Waals surface area contributed by atoms with Crippen LogP contribution in [0.4, 0.5) is 0 Å². The Morgan fingerprint density at radius 2 is 1.86 bits per heavy atom. The number of hydrogen-bond acceptors (Lipinski definition) is 2. The maximum Gasteiger partial charge on any atom is 0.204 e. The van der Waals surface area contributed by atoms with Gasteiger partial charge in [0.2, 0.25) is 5.79 Å². The second-order valence-corrected chi connectivity index (χ2v) is 8.73. The monoisotopic (exact) mass is 292 g/mol.